The van der Waals surface area contributed by atoms with Crippen molar-refractivity contribution in [2.45, 2.75) is 13.1 Å². The summed E-state index contributed by atoms with van der Waals surface area (Å²) >= 11 is 0. The highest BCUT2D eigenvalue weighted by Crippen LogP contribution is 2.10. The molecule has 0 saturated heterocycles. The van der Waals surface area contributed by atoms with Crippen molar-refractivity contribution in [1.29, 1.82) is 0 Å². The molecule has 2 aromatic carbocycles. The summed E-state index contributed by atoms with van der Waals surface area (Å²) in [5, 5.41) is 2.92. The van der Waals surface area contributed by atoms with Gasteiger partial charge in [0.1, 0.15) is 17.5 Å². The molecule has 1 N–H and O–H groups in total. The van der Waals surface area contributed by atoms with Crippen LogP contribution in [0.25, 0.3) is 0 Å². The first-order valence-electron chi connectivity index (χ1n) is 5.55. The van der Waals surface area contributed by atoms with Gasteiger partial charge in [0.15, 0.2) is 0 Å². The predicted molar refractivity (Wildman–Crippen MR) is 63.3 cm³/mol. The smallest absolute Gasteiger partial charge is 0.130 e. The lowest BCUT2D eigenvalue weighted by Gasteiger charge is -2.07. The van der Waals surface area contributed by atoms with E-state index in [0.29, 0.717) is 17.7 Å². The van der Waals surface area contributed by atoms with E-state index >= 15 is 0 Å². The van der Waals surface area contributed by atoms with Gasteiger partial charge in [-0.25, -0.2) is 13.2 Å². The van der Waals surface area contributed by atoms with Gasteiger partial charge in [0.05, 0.1) is 0 Å². The van der Waals surface area contributed by atoms with Crippen molar-refractivity contribution < 1.29 is 13.2 Å². The molecule has 0 fully saturated rings. The average molecular weight is 251 g/mol. The monoisotopic (exact) mass is 251 g/mol. The fourth-order valence-corrected chi connectivity index (χ4v) is 1.64. The van der Waals surface area contributed by atoms with Crippen molar-refractivity contribution in [1.82, 2.24) is 5.32 Å². The van der Waals surface area contributed by atoms with E-state index in [4.69, 9.17) is 0 Å². The Morgan fingerprint density at radius 1 is 0.778 bits per heavy atom. The van der Waals surface area contributed by atoms with E-state index in [1.54, 1.807) is 18.2 Å². The van der Waals surface area contributed by atoms with E-state index in [1.165, 1.54) is 18.2 Å². The number of halogens is 3. The third-order valence-electron chi connectivity index (χ3n) is 2.60. The minimum absolute atomic E-state index is 0.223. The quantitative estimate of drug-likeness (QED) is 0.878. The Morgan fingerprint density at radius 3 is 2.11 bits per heavy atom. The van der Waals surface area contributed by atoms with E-state index < -0.39 is 11.6 Å². The third kappa shape index (κ3) is 3.11. The van der Waals surface area contributed by atoms with Gasteiger partial charge in [-0.1, -0.05) is 24.3 Å². The molecule has 4 heteroatoms. The molecule has 0 unspecified atom stereocenters. The summed E-state index contributed by atoms with van der Waals surface area (Å²) in [5.41, 5.74) is 0.868. The first-order chi connectivity index (χ1) is 8.66. The molecule has 0 aromatic heterocycles. The van der Waals surface area contributed by atoms with E-state index in [9.17, 15) is 13.2 Å². The fraction of sp³-hybridized carbons (Fsp3) is 0.143. The molecule has 1 nitrogen and oxygen atoms in total. The Hall–Kier alpha value is -1.81. The molecule has 0 amide bonds. The molecule has 0 atom stereocenters. The summed E-state index contributed by atoms with van der Waals surface area (Å²) < 4.78 is 39.3. The molecule has 0 aliphatic heterocycles. The highest BCUT2D eigenvalue weighted by atomic mass is 19.1. The largest absolute Gasteiger partial charge is 0.308 e. The molecule has 94 valence electrons. The van der Waals surface area contributed by atoms with E-state index in [-0.39, 0.29) is 12.4 Å². The van der Waals surface area contributed by atoms with Gasteiger partial charge in [0.25, 0.3) is 0 Å². The normalized spacial score (nSPS) is 10.6. The predicted octanol–water partition coefficient (Wildman–Crippen LogP) is 3.39. The summed E-state index contributed by atoms with van der Waals surface area (Å²) in [6.07, 6.45) is 0. The number of benzene rings is 2. The number of rotatable bonds is 4. The molecule has 0 saturated carbocycles. The lowest BCUT2D eigenvalue weighted by atomic mass is 10.2. The van der Waals surface area contributed by atoms with Gasteiger partial charge >= 0.3 is 0 Å². The van der Waals surface area contributed by atoms with Gasteiger partial charge in [-0.05, 0) is 12.1 Å². The van der Waals surface area contributed by atoms with Crippen molar-refractivity contribution in [3.63, 3.8) is 0 Å². The van der Waals surface area contributed by atoms with Crippen LogP contribution in [0.2, 0.25) is 0 Å². The second-order valence-corrected chi connectivity index (χ2v) is 3.93. The van der Waals surface area contributed by atoms with Crippen molar-refractivity contribution in [2.24, 2.45) is 0 Å². The first kappa shape index (κ1) is 12.6. The third-order valence-corrected chi connectivity index (χ3v) is 2.60. The Balaban J connectivity index is 1.95. The first-order valence-corrected chi connectivity index (χ1v) is 5.55. The van der Waals surface area contributed by atoms with Crippen LogP contribution in [-0.2, 0) is 13.1 Å². The molecule has 2 aromatic rings. The Labute approximate surface area is 103 Å². The van der Waals surface area contributed by atoms with Crippen LogP contribution in [0.3, 0.4) is 0 Å². The molecular formula is C14H12F3N. The number of nitrogens with one attached hydrogen (secondary N) is 1. The Morgan fingerprint density at radius 2 is 1.44 bits per heavy atom. The minimum Gasteiger partial charge on any atom is -0.308 e. The summed E-state index contributed by atoms with van der Waals surface area (Å²) in [6, 6.07) is 9.78. The summed E-state index contributed by atoms with van der Waals surface area (Å²) in [5.74, 6) is -1.51. The van der Waals surface area contributed by atoms with E-state index in [2.05, 4.69) is 5.32 Å². The van der Waals surface area contributed by atoms with Crippen molar-refractivity contribution in [3.05, 3.63) is 71.0 Å². The zero-order chi connectivity index (χ0) is 13.0. The van der Waals surface area contributed by atoms with Crippen LogP contribution in [0, 0.1) is 17.5 Å². The zero-order valence-electron chi connectivity index (χ0n) is 9.59. The maximum absolute atomic E-state index is 13.3. The molecule has 0 bridgehead atoms. The van der Waals surface area contributed by atoms with Crippen molar-refractivity contribution in [2.75, 3.05) is 0 Å². The second-order valence-electron chi connectivity index (χ2n) is 3.93. The lowest BCUT2D eigenvalue weighted by molar-refractivity contribution is 0.553. The van der Waals surface area contributed by atoms with E-state index in [1.807, 2.05) is 0 Å². The fourth-order valence-electron chi connectivity index (χ4n) is 1.64. The number of hydrogen-bond acceptors (Lipinski definition) is 1. The summed E-state index contributed by atoms with van der Waals surface area (Å²) in [6.45, 7) is 0.518. The highest BCUT2D eigenvalue weighted by Gasteiger charge is 2.04. The standard InChI is InChI=1S/C14H12F3N/c15-12-6-5-11(14(17)7-12)9-18-8-10-3-1-2-4-13(10)16/h1-7,18H,8-9H2. The summed E-state index contributed by atoms with van der Waals surface area (Å²) in [7, 11) is 0. The van der Waals surface area contributed by atoms with Gasteiger partial charge in [0.2, 0.25) is 0 Å². The Bertz CT molecular complexity index is 540. The number of hydrogen-bond donors (Lipinski definition) is 1. The highest BCUT2D eigenvalue weighted by molar-refractivity contribution is 5.20. The zero-order valence-corrected chi connectivity index (χ0v) is 9.59. The molecule has 0 aliphatic rings. The van der Waals surface area contributed by atoms with Crippen molar-refractivity contribution >= 4 is 0 Å². The molecule has 0 heterocycles. The second kappa shape index (κ2) is 5.69. The van der Waals surface area contributed by atoms with Crippen LogP contribution in [0.4, 0.5) is 13.2 Å². The molecule has 18 heavy (non-hydrogen) atoms. The van der Waals surface area contributed by atoms with Crippen molar-refractivity contribution in [3.8, 4) is 0 Å². The SMILES string of the molecule is Fc1ccc(CNCc2ccccc2F)c(F)c1. The lowest BCUT2D eigenvalue weighted by Crippen LogP contribution is -2.14. The van der Waals surface area contributed by atoms with E-state index in [0.717, 1.165) is 6.07 Å². The van der Waals surface area contributed by atoms with Gasteiger partial charge in [-0.2, -0.15) is 0 Å². The van der Waals surface area contributed by atoms with Crippen LogP contribution >= 0.6 is 0 Å². The molecule has 0 spiro atoms. The Kier molecular flexibility index (Phi) is 3.99. The van der Waals surface area contributed by atoms with Gasteiger partial charge in [-0.3, -0.25) is 0 Å². The molecule has 0 radical (unpaired) electrons. The van der Waals surface area contributed by atoms with Crippen LogP contribution < -0.4 is 5.32 Å². The van der Waals surface area contributed by atoms with Crippen LogP contribution in [0.1, 0.15) is 11.1 Å². The van der Waals surface area contributed by atoms with Gasteiger partial charge in [-0.15, -0.1) is 0 Å². The topological polar surface area (TPSA) is 12.0 Å². The maximum atomic E-state index is 13.3. The molecule has 2 rings (SSSR count). The molecular weight excluding hydrogens is 239 g/mol. The summed E-state index contributed by atoms with van der Waals surface area (Å²) in [4.78, 5) is 0. The van der Waals surface area contributed by atoms with Gasteiger partial charge in [0, 0.05) is 30.3 Å². The average Bonchev–Trinajstić information content (AvgIpc) is 2.34. The molecule has 0 aliphatic carbocycles. The van der Waals surface area contributed by atoms with Crippen LogP contribution in [-0.4, -0.2) is 0 Å². The van der Waals surface area contributed by atoms with Crippen LogP contribution in [0.5, 0.6) is 0 Å². The van der Waals surface area contributed by atoms with Crippen LogP contribution in [0.15, 0.2) is 42.5 Å². The maximum Gasteiger partial charge on any atom is 0.130 e. The minimum atomic E-state index is -0.606. The van der Waals surface area contributed by atoms with Gasteiger partial charge < -0.3 is 5.32 Å².